The molecule has 0 aliphatic carbocycles. The van der Waals surface area contributed by atoms with Crippen LogP contribution in [-0.2, 0) is 9.36 Å². The fourth-order valence-corrected chi connectivity index (χ4v) is 5.60. The highest BCUT2D eigenvalue weighted by Gasteiger charge is 2.36. The Morgan fingerprint density at radius 2 is 1.16 bits per heavy atom. The number of nitrogens with zero attached hydrogens (tertiary/aromatic N) is 3. The van der Waals surface area contributed by atoms with Gasteiger partial charge in [-0.25, -0.2) is 4.67 Å². The van der Waals surface area contributed by atoms with Crippen molar-refractivity contribution in [2.45, 2.75) is 0 Å². The number of hydrogen-bond acceptors (Lipinski definition) is 5. The van der Waals surface area contributed by atoms with E-state index in [4.69, 9.17) is 4.52 Å². The van der Waals surface area contributed by atoms with Crippen molar-refractivity contribution in [3.05, 3.63) is 101 Å². The van der Waals surface area contributed by atoms with Crippen molar-refractivity contribution in [2.24, 2.45) is 0 Å². The lowest BCUT2D eigenvalue weighted by Gasteiger charge is -2.33. The molecule has 1 saturated heterocycles. The van der Waals surface area contributed by atoms with Crippen molar-refractivity contribution < 1.29 is 13.9 Å². The fraction of sp³-hybridized carbons (Fsp3) is 0.233. The normalized spacial score (nSPS) is 18.0. The minimum Gasteiger partial charge on any atom is -0.433 e. The van der Waals surface area contributed by atoms with Crippen molar-refractivity contribution in [3.8, 4) is 5.75 Å². The van der Waals surface area contributed by atoms with Crippen molar-refractivity contribution in [3.63, 3.8) is 0 Å². The first-order chi connectivity index (χ1) is 17.6. The number of ketones is 1. The highest BCUT2D eigenvalue weighted by Crippen LogP contribution is 2.49. The van der Waals surface area contributed by atoms with Gasteiger partial charge in [0, 0.05) is 70.5 Å². The summed E-state index contributed by atoms with van der Waals surface area (Å²) in [6.45, 7) is 2.10. The highest BCUT2D eigenvalue weighted by molar-refractivity contribution is 7.56. The van der Waals surface area contributed by atoms with Gasteiger partial charge in [0.05, 0.1) is 0 Å². The molecule has 1 aliphatic rings. The van der Waals surface area contributed by atoms with Crippen LogP contribution in [0.3, 0.4) is 0 Å². The maximum absolute atomic E-state index is 13.8. The van der Waals surface area contributed by atoms with Crippen LogP contribution < -0.4 is 14.3 Å². The molecule has 7 heteroatoms. The second kappa shape index (κ2) is 11.2. The molecule has 1 fully saturated rings. The van der Waals surface area contributed by atoms with Crippen LogP contribution in [-0.4, -0.2) is 58.4 Å². The van der Waals surface area contributed by atoms with Crippen LogP contribution in [0.4, 0.5) is 11.4 Å². The topological polar surface area (TPSA) is 53.1 Å². The van der Waals surface area contributed by atoms with E-state index < -0.39 is 7.52 Å². The lowest BCUT2D eigenvalue weighted by molar-refractivity contribution is -0.113. The highest BCUT2D eigenvalue weighted by atomic mass is 31.2. The van der Waals surface area contributed by atoms with E-state index in [2.05, 4.69) is 0 Å². The summed E-state index contributed by atoms with van der Waals surface area (Å²) in [5.74, 6) is 0.504. The fourth-order valence-electron chi connectivity index (χ4n) is 4.15. The van der Waals surface area contributed by atoms with Crippen molar-refractivity contribution in [2.75, 3.05) is 57.7 Å². The Labute approximate surface area is 220 Å². The van der Waals surface area contributed by atoms with Gasteiger partial charge in [-0.2, -0.15) is 0 Å². The van der Waals surface area contributed by atoms with Gasteiger partial charge in [0.25, 0.3) is 0 Å². The number of carbonyl (C=O) groups is 1. The molecule has 192 valence electrons. The van der Waals surface area contributed by atoms with Gasteiger partial charge in [-0.3, -0.25) is 9.36 Å². The average molecular weight is 516 g/mol. The van der Waals surface area contributed by atoms with E-state index in [0.29, 0.717) is 16.9 Å². The first-order valence-corrected chi connectivity index (χ1v) is 14.2. The summed E-state index contributed by atoms with van der Waals surface area (Å²) in [6.07, 6.45) is 3.78. The van der Waals surface area contributed by atoms with Crippen LogP contribution in [0.1, 0.15) is 11.1 Å². The zero-order valence-corrected chi connectivity index (χ0v) is 23.0. The molecule has 3 aromatic rings. The van der Waals surface area contributed by atoms with Crippen molar-refractivity contribution in [1.82, 2.24) is 4.67 Å². The van der Waals surface area contributed by atoms with E-state index in [1.165, 1.54) is 0 Å². The lowest BCUT2D eigenvalue weighted by Crippen LogP contribution is -2.36. The number of piperidine rings is 1. The molecule has 4 rings (SSSR count). The van der Waals surface area contributed by atoms with Gasteiger partial charge in [0.1, 0.15) is 5.75 Å². The van der Waals surface area contributed by atoms with Crippen molar-refractivity contribution in [1.29, 1.82) is 0 Å². The quantitative estimate of drug-likeness (QED) is 0.281. The third-order valence-corrected chi connectivity index (χ3v) is 8.18. The number of Topliss-reactive ketones (excluding diaryl/α,β-unsaturated/α-hetero) is 1. The summed E-state index contributed by atoms with van der Waals surface area (Å²) in [6, 6.07) is 25.2. The Balaban J connectivity index is 1.69. The third kappa shape index (κ3) is 6.59. The Morgan fingerprint density at radius 1 is 0.730 bits per heavy atom. The van der Waals surface area contributed by atoms with E-state index in [0.717, 1.165) is 22.5 Å². The van der Waals surface area contributed by atoms with Gasteiger partial charge in [-0.1, -0.05) is 42.5 Å². The molecule has 37 heavy (non-hydrogen) atoms. The summed E-state index contributed by atoms with van der Waals surface area (Å²) < 4.78 is 21.5. The number of benzene rings is 3. The summed E-state index contributed by atoms with van der Waals surface area (Å²) >= 11 is 0. The molecule has 1 heterocycles. The molecular weight excluding hydrogens is 481 g/mol. The lowest BCUT2D eigenvalue weighted by atomic mass is 9.95. The molecular formula is C30H34N3O3P. The predicted octanol–water partition coefficient (Wildman–Crippen LogP) is 6.07. The van der Waals surface area contributed by atoms with E-state index in [-0.39, 0.29) is 18.9 Å². The number of rotatable bonds is 7. The number of hydrogen-bond donors (Lipinski definition) is 0. The van der Waals surface area contributed by atoms with Gasteiger partial charge < -0.3 is 14.3 Å². The van der Waals surface area contributed by atoms with E-state index in [1.54, 1.807) is 23.5 Å². The van der Waals surface area contributed by atoms with Crippen LogP contribution in [0, 0.1) is 0 Å². The molecule has 1 unspecified atom stereocenters. The maximum Gasteiger partial charge on any atom is 0.316 e. The van der Waals surface area contributed by atoms with Gasteiger partial charge in [0.15, 0.2) is 5.78 Å². The largest absolute Gasteiger partial charge is 0.433 e. The van der Waals surface area contributed by atoms with E-state index in [1.807, 2.05) is 117 Å². The van der Waals surface area contributed by atoms with Gasteiger partial charge in [0.2, 0.25) is 0 Å². The third-order valence-electron chi connectivity index (χ3n) is 6.32. The molecule has 3 aromatic carbocycles. The molecule has 0 amide bonds. The second-order valence-corrected chi connectivity index (χ2v) is 12.0. The SMILES string of the molecule is CN(C)c1ccc(/C=C2\CN(P(C)(=O)Oc3ccccc3)C/C(=C\c3ccc(N(C)C)cc3)C2=O)cc1. The Hall–Kier alpha value is -3.60. The minimum absolute atomic E-state index is 0.0377. The second-order valence-electron chi connectivity index (χ2n) is 9.67. The smallest absolute Gasteiger partial charge is 0.316 e. The van der Waals surface area contributed by atoms with Crippen LogP contribution in [0.15, 0.2) is 90.0 Å². The zero-order valence-electron chi connectivity index (χ0n) is 22.1. The number of carbonyl (C=O) groups excluding carboxylic acids is 1. The van der Waals surface area contributed by atoms with E-state index >= 15 is 0 Å². The van der Waals surface area contributed by atoms with Crippen LogP contribution in [0.2, 0.25) is 0 Å². The molecule has 0 spiro atoms. The van der Waals surface area contributed by atoms with Crippen LogP contribution >= 0.6 is 7.52 Å². The molecule has 1 atom stereocenters. The average Bonchev–Trinajstić information content (AvgIpc) is 2.87. The van der Waals surface area contributed by atoms with E-state index in [9.17, 15) is 9.36 Å². The Kier molecular flexibility index (Phi) is 8.01. The minimum atomic E-state index is -3.26. The molecule has 0 saturated carbocycles. The van der Waals surface area contributed by atoms with Crippen LogP contribution in [0.25, 0.3) is 12.2 Å². The summed E-state index contributed by atoms with van der Waals surface area (Å²) in [4.78, 5) is 17.7. The van der Waals surface area contributed by atoms with Crippen LogP contribution in [0.5, 0.6) is 5.75 Å². The predicted molar refractivity (Wildman–Crippen MR) is 155 cm³/mol. The summed E-state index contributed by atoms with van der Waals surface area (Å²) in [5, 5.41) is 0. The first kappa shape index (κ1) is 26.5. The van der Waals surface area contributed by atoms with Crippen molar-refractivity contribution >= 4 is 36.8 Å². The van der Waals surface area contributed by atoms with Gasteiger partial charge in [-0.05, 0) is 59.7 Å². The molecule has 6 nitrogen and oxygen atoms in total. The van der Waals surface area contributed by atoms with Gasteiger partial charge in [-0.15, -0.1) is 0 Å². The standard InChI is InChI=1S/C30H34N3O3P/c1-31(2)27-15-11-23(12-16-27)19-25-21-33(37(5,35)36-29-9-7-6-8-10-29)22-26(30(25)34)20-24-13-17-28(18-14-24)32(3)4/h6-20H,21-22H2,1-5H3/b25-19+,26-20+. The molecule has 0 bridgehead atoms. The first-order valence-electron chi connectivity index (χ1n) is 12.2. The zero-order chi connectivity index (χ0) is 26.6. The maximum atomic E-state index is 13.8. The molecule has 0 aromatic heterocycles. The Morgan fingerprint density at radius 3 is 1.57 bits per heavy atom. The molecule has 1 aliphatic heterocycles. The number of anilines is 2. The number of para-hydroxylation sites is 1. The van der Waals surface area contributed by atoms with Gasteiger partial charge >= 0.3 is 7.52 Å². The molecule has 0 radical (unpaired) electrons. The monoisotopic (exact) mass is 515 g/mol. The summed E-state index contributed by atoms with van der Waals surface area (Å²) in [5.41, 5.74) is 5.16. The Bertz CT molecular complexity index is 1270. The molecule has 0 N–H and O–H groups in total. The summed E-state index contributed by atoms with van der Waals surface area (Å²) in [7, 11) is 4.70.